The molecule has 0 aliphatic heterocycles. The SMILES string of the molecule is CCC(=O)[C@H](C)[C@H](/C=C\CS(C)(=O)=O)OC. The monoisotopic (exact) mass is 248 g/mol. The lowest BCUT2D eigenvalue weighted by Crippen LogP contribution is -2.25. The van der Waals surface area contributed by atoms with Crippen molar-refractivity contribution < 1.29 is 17.9 Å². The first-order chi connectivity index (χ1) is 7.31. The van der Waals surface area contributed by atoms with Gasteiger partial charge in [0.25, 0.3) is 0 Å². The van der Waals surface area contributed by atoms with E-state index in [-0.39, 0.29) is 23.6 Å². The molecule has 0 bridgehead atoms. The molecule has 0 N–H and O–H groups in total. The predicted octanol–water partition coefficient (Wildman–Crippen LogP) is 1.22. The number of hydrogen-bond donors (Lipinski definition) is 0. The van der Waals surface area contributed by atoms with Crippen LogP contribution in [0.4, 0.5) is 0 Å². The molecular weight excluding hydrogens is 228 g/mol. The van der Waals surface area contributed by atoms with E-state index in [4.69, 9.17) is 4.74 Å². The third-order valence-corrected chi connectivity index (χ3v) is 3.14. The Balaban J connectivity index is 4.46. The molecular formula is C11H20O4S. The molecule has 0 rings (SSSR count). The summed E-state index contributed by atoms with van der Waals surface area (Å²) in [6.45, 7) is 3.58. The number of carbonyl (C=O) groups is 1. The minimum atomic E-state index is -3.01. The second-order valence-corrected chi connectivity index (χ2v) is 6.01. The second-order valence-electron chi connectivity index (χ2n) is 3.83. The summed E-state index contributed by atoms with van der Waals surface area (Å²) >= 11 is 0. The highest BCUT2D eigenvalue weighted by molar-refractivity contribution is 7.90. The number of methoxy groups -OCH3 is 1. The van der Waals surface area contributed by atoms with E-state index in [9.17, 15) is 13.2 Å². The van der Waals surface area contributed by atoms with Crippen LogP contribution in [0.3, 0.4) is 0 Å². The van der Waals surface area contributed by atoms with Crippen molar-refractivity contribution in [3.63, 3.8) is 0 Å². The highest BCUT2D eigenvalue weighted by atomic mass is 32.2. The van der Waals surface area contributed by atoms with Crippen molar-refractivity contribution >= 4 is 15.6 Å². The van der Waals surface area contributed by atoms with Crippen LogP contribution in [0.15, 0.2) is 12.2 Å². The van der Waals surface area contributed by atoms with Gasteiger partial charge in [0.05, 0.1) is 11.9 Å². The van der Waals surface area contributed by atoms with Crippen LogP contribution in [0.5, 0.6) is 0 Å². The van der Waals surface area contributed by atoms with Gasteiger partial charge in [-0.3, -0.25) is 4.79 Å². The van der Waals surface area contributed by atoms with Crippen molar-refractivity contribution in [3.8, 4) is 0 Å². The van der Waals surface area contributed by atoms with E-state index in [2.05, 4.69) is 0 Å². The molecule has 2 atom stereocenters. The molecule has 0 aromatic carbocycles. The number of ether oxygens (including phenoxy) is 1. The van der Waals surface area contributed by atoms with E-state index in [1.807, 2.05) is 0 Å². The smallest absolute Gasteiger partial charge is 0.150 e. The molecule has 0 saturated carbocycles. The fourth-order valence-electron chi connectivity index (χ4n) is 1.32. The standard InChI is InChI=1S/C11H20O4S/c1-5-10(12)9(2)11(15-3)7-6-8-16(4,13)14/h6-7,9,11H,5,8H2,1-4H3/b7-6-/t9-,11-/m0/s1. The lowest BCUT2D eigenvalue weighted by atomic mass is 9.97. The van der Waals surface area contributed by atoms with E-state index in [1.165, 1.54) is 19.4 Å². The number of rotatable bonds is 7. The summed E-state index contributed by atoms with van der Waals surface area (Å²) in [5.41, 5.74) is 0. The summed E-state index contributed by atoms with van der Waals surface area (Å²) in [6.07, 6.45) is 4.44. The fourth-order valence-corrected chi connectivity index (χ4v) is 1.78. The molecule has 0 amide bonds. The van der Waals surface area contributed by atoms with Crippen LogP contribution in [-0.4, -0.2) is 39.4 Å². The van der Waals surface area contributed by atoms with E-state index in [0.29, 0.717) is 6.42 Å². The lowest BCUT2D eigenvalue weighted by Gasteiger charge is -2.17. The zero-order chi connectivity index (χ0) is 12.8. The van der Waals surface area contributed by atoms with Crippen LogP contribution in [0.25, 0.3) is 0 Å². The van der Waals surface area contributed by atoms with Gasteiger partial charge in [-0.1, -0.05) is 26.0 Å². The van der Waals surface area contributed by atoms with Gasteiger partial charge in [0.2, 0.25) is 0 Å². The molecule has 0 saturated heterocycles. The highest BCUT2D eigenvalue weighted by Crippen LogP contribution is 2.11. The van der Waals surface area contributed by atoms with Gasteiger partial charge >= 0.3 is 0 Å². The largest absolute Gasteiger partial charge is 0.377 e. The summed E-state index contributed by atoms with van der Waals surface area (Å²) in [7, 11) is -1.50. The van der Waals surface area contributed by atoms with Gasteiger partial charge in [-0.2, -0.15) is 0 Å². The molecule has 5 heteroatoms. The van der Waals surface area contributed by atoms with Crippen molar-refractivity contribution in [2.45, 2.75) is 26.4 Å². The van der Waals surface area contributed by atoms with Gasteiger partial charge < -0.3 is 4.74 Å². The maximum Gasteiger partial charge on any atom is 0.150 e. The summed E-state index contributed by atoms with van der Waals surface area (Å²) in [4.78, 5) is 11.4. The molecule has 16 heavy (non-hydrogen) atoms. The number of Topliss-reactive ketones (excluding diaryl/α,β-unsaturated/α-hetero) is 1. The number of ketones is 1. The molecule has 0 heterocycles. The van der Waals surface area contributed by atoms with E-state index < -0.39 is 9.84 Å². The summed E-state index contributed by atoms with van der Waals surface area (Å²) in [5.74, 6) is -0.165. The van der Waals surface area contributed by atoms with Crippen molar-refractivity contribution in [2.75, 3.05) is 19.1 Å². The van der Waals surface area contributed by atoms with Gasteiger partial charge in [0.1, 0.15) is 5.78 Å². The lowest BCUT2D eigenvalue weighted by molar-refractivity contribution is -0.125. The van der Waals surface area contributed by atoms with E-state index in [0.717, 1.165) is 0 Å². The quantitative estimate of drug-likeness (QED) is 0.636. The molecule has 0 aromatic rings. The van der Waals surface area contributed by atoms with Gasteiger partial charge in [-0.25, -0.2) is 8.42 Å². The minimum absolute atomic E-state index is 0.0279. The van der Waals surface area contributed by atoms with Crippen LogP contribution in [0.1, 0.15) is 20.3 Å². The van der Waals surface area contributed by atoms with Crippen molar-refractivity contribution in [3.05, 3.63) is 12.2 Å². The van der Waals surface area contributed by atoms with E-state index in [1.54, 1.807) is 19.9 Å². The highest BCUT2D eigenvalue weighted by Gasteiger charge is 2.19. The Bertz CT molecular complexity index is 343. The van der Waals surface area contributed by atoms with Gasteiger partial charge in [0, 0.05) is 25.7 Å². The average Bonchev–Trinajstić information content (AvgIpc) is 2.20. The van der Waals surface area contributed by atoms with Crippen LogP contribution >= 0.6 is 0 Å². The van der Waals surface area contributed by atoms with Crippen molar-refractivity contribution in [1.82, 2.24) is 0 Å². The minimum Gasteiger partial charge on any atom is -0.377 e. The molecule has 4 nitrogen and oxygen atoms in total. The molecule has 0 aromatic heterocycles. The zero-order valence-electron chi connectivity index (χ0n) is 10.3. The van der Waals surface area contributed by atoms with E-state index >= 15 is 0 Å². The van der Waals surface area contributed by atoms with Crippen LogP contribution < -0.4 is 0 Å². The first kappa shape index (κ1) is 15.3. The summed E-state index contributed by atoms with van der Waals surface area (Å²) < 4.78 is 27.0. The number of carbonyl (C=O) groups excluding carboxylic acids is 1. The molecule has 0 spiro atoms. The molecule has 94 valence electrons. The number of sulfone groups is 1. The predicted molar refractivity (Wildman–Crippen MR) is 64.1 cm³/mol. The third kappa shape index (κ3) is 6.02. The summed E-state index contributed by atoms with van der Waals surface area (Å²) in [5, 5.41) is 0. The first-order valence-corrected chi connectivity index (χ1v) is 7.27. The molecule has 0 aliphatic carbocycles. The fraction of sp³-hybridized carbons (Fsp3) is 0.727. The van der Waals surface area contributed by atoms with Crippen LogP contribution in [0, 0.1) is 5.92 Å². The molecule has 0 unspecified atom stereocenters. The number of hydrogen-bond acceptors (Lipinski definition) is 4. The van der Waals surface area contributed by atoms with Gasteiger partial charge in [0.15, 0.2) is 9.84 Å². The van der Waals surface area contributed by atoms with Gasteiger partial charge in [-0.15, -0.1) is 0 Å². The Morgan fingerprint density at radius 3 is 2.38 bits per heavy atom. The zero-order valence-corrected chi connectivity index (χ0v) is 11.1. The normalized spacial score (nSPS) is 16.2. The Hall–Kier alpha value is -0.680. The van der Waals surface area contributed by atoms with Crippen LogP contribution in [0.2, 0.25) is 0 Å². The third-order valence-electron chi connectivity index (χ3n) is 2.35. The van der Waals surface area contributed by atoms with Gasteiger partial charge in [-0.05, 0) is 0 Å². The topological polar surface area (TPSA) is 60.4 Å². The maximum atomic E-state index is 11.4. The Morgan fingerprint density at radius 1 is 1.44 bits per heavy atom. The maximum absolute atomic E-state index is 11.4. The Kier molecular flexibility index (Phi) is 6.52. The first-order valence-electron chi connectivity index (χ1n) is 5.21. The molecule has 0 radical (unpaired) electrons. The molecule has 0 fully saturated rings. The second kappa shape index (κ2) is 6.81. The Labute approximate surface area is 97.6 Å². The van der Waals surface area contributed by atoms with Crippen molar-refractivity contribution in [1.29, 1.82) is 0 Å². The molecule has 0 aliphatic rings. The Morgan fingerprint density at radius 2 is 2.00 bits per heavy atom. The van der Waals surface area contributed by atoms with Crippen LogP contribution in [-0.2, 0) is 19.4 Å². The average molecular weight is 248 g/mol. The van der Waals surface area contributed by atoms with Crippen molar-refractivity contribution in [2.24, 2.45) is 5.92 Å². The summed E-state index contributed by atoms with van der Waals surface area (Å²) in [6, 6.07) is 0.